The first kappa shape index (κ1) is 16.0. The molecule has 1 aliphatic heterocycles. The van der Waals surface area contributed by atoms with Crippen molar-refractivity contribution in [3.63, 3.8) is 0 Å². The summed E-state index contributed by atoms with van der Waals surface area (Å²) in [6, 6.07) is 8.28. The topological polar surface area (TPSA) is 58.4 Å². The molecule has 1 aliphatic rings. The van der Waals surface area contributed by atoms with E-state index in [4.69, 9.17) is 5.84 Å². The first-order valence-corrected chi connectivity index (χ1v) is 7.88. The molecule has 1 aromatic carbocycles. The number of nitrogens with one attached hydrogen (secondary N) is 1. The van der Waals surface area contributed by atoms with Crippen LogP contribution in [0, 0.1) is 11.8 Å². The van der Waals surface area contributed by atoms with Crippen molar-refractivity contribution in [1.82, 2.24) is 10.3 Å². The van der Waals surface area contributed by atoms with Crippen LogP contribution >= 0.6 is 0 Å². The predicted molar refractivity (Wildman–Crippen MR) is 85.3 cm³/mol. The van der Waals surface area contributed by atoms with Gasteiger partial charge in [0.05, 0.1) is 6.42 Å². The third-order valence-corrected chi connectivity index (χ3v) is 4.53. The van der Waals surface area contributed by atoms with Gasteiger partial charge in [-0.25, -0.2) is 5.84 Å². The Balaban J connectivity index is 1.82. The van der Waals surface area contributed by atoms with Gasteiger partial charge < -0.3 is 0 Å². The molecule has 4 nitrogen and oxygen atoms in total. The fourth-order valence-corrected chi connectivity index (χ4v) is 3.03. The van der Waals surface area contributed by atoms with Gasteiger partial charge in [-0.2, -0.15) is 0 Å². The number of hydrogen-bond donors (Lipinski definition) is 2. The van der Waals surface area contributed by atoms with Crippen molar-refractivity contribution in [2.24, 2.45) is 17.7 Å². The van der Waals surface area contributed by atoms with Gasteiger partial charge in [0.1, 0.15) is 0 Å². The van der Waals surface area contributed by atoms with Gasteiger partial charge in [-0.05, 0) is 48.9 Å². The number of amides is 1. The van der Waals surface area contributed by atoms with Crippen LogP contribution in [0.5, 0.6) is 0 Å². The van der Waals surface area contributed by atoms with Crippen molar-refractivity contribution in [2.75, 3.05) is 13.1 Å². The Morgan fingerprint density at radius 2 is 1.81 bits per heavy atom. The molecule has 0 saturated carbocycles. The van der Waals surface area contributed by atoms with Crippen LogP contribution < -0.4 is 11.3 Å². The molecule has 0 atom stereocenters. The molecule has 0 spiro atoms. The molecule has 2 rings (SSSR count). The van der Waals surface area contributed by atoms with Gasteiger partial charge in [-0.1, -0.05) is 38.1 Å². The third-order valence-electron chi connectivity index (χ3n) is 4.53. The summed E-state index contributed by atoms with van der Waals surface area (Å²) in [6.07, 6.45) is 2.97. The number of carbonyl (C=O) groups excluding carboxylic acids is 1. The molecule has 0 aromatic heterocycles. The molecule has 0 radical (unpaired) electrons. The van der Waals surface area contributed by atoms with E-state index in [1.807, 2.05) is 12.1 Å². The number of carbonyl (C=O) groups is 1. The van der Waals surface area contributed by atoms with Crippen molar-refractivity contribution < 1.29 is 4.79 Å². The van der Waals surface area contributed by atoms with Crippen molar-refractivity contribution in [2.45, 2.75) is 39.7 Å². The van der Waals surface area contributed by atoms with E-state index in [2.05, 4.69) is 36.3 Å². The Kier molecular flexibility index (Phi) is 5.76. The minimum Gasteiger partial charge on any atom is -0.299 e. The molecule has 1 fully saturated rings. The van der Waals surface area contributed by atoms with Crippen molar-refractivity contribution in [3.8, 4) is 0 Å². The summed E-state index contributed by atoms with van der Waals surface area (Å²) in [5.41, 5.74) is 4.47. The quantitative estimate of drug-likeness (QED) is 0.496. The molecule has 3 N–H and O–H groups in total. The number of benzene rings is 1. The first-order chi connectivity index (χ1) is 10.1. The normalized spacial score (nSPS) is 17.1. The highest BCUT2D eigenvalue weighted by atomic mass is 16.2. The van der Waals surface area contributed by atoms with E-state index in [0.717, 1.165) is 23.9 Å². The van der Waals surface area contributed by atoms with Crippen LogP contribution in [-0.4, -0.2) is 23.9 Å². The molecule has 1 heterocycles. The summed E-state index contributed by atoms with van der Waals surface area (Å²) in [5, 5.41) is 0. The smallest absolute Gasteiger partial charge is 0.238 e. The zero-order valence-electron chi connectivity index (χ0n) is 13.1. The van der Waals surface area contributed by atoms with Crippen LogP contribution in [0.25, 0.3) is 0 Å². The number of nitrogens with two attached hydrogens (primary N) is 1. The lowest BCUT2D eigenvalue weighted by molar-refractivity contribution is -0.120. The molecular formula is C17H27N3O. The molecule has 0 unspecified atom stereocenters. The lowest BCUT2D eigenvalue weighted by Crippen LogP contribution is -2.34. The number of nitrogens with zero attached hydrogens (tertiary/aromatic N) is 1. The van der Waals surface area contributed by atoms with Crippen LogP contribution in [0.2, 0.25) is 0 Å². The predicted octanol–water partition coefficient (Wildman–Crippen LogP) is 2.09. The SMILES string of the molecule is CC(C)C1CCN(Cc2ccc(CC(=O)NN)cc2)CC1. The van der Waals surface area contributed by atoms with Crippen LogP contribution in [0.3, 0.4) is 0 Å². The molecule has 0 aliphatic carbocycles. The fraction of sp³-hybridized carbons (Fsp3) is 0.588. The Labute approximate surface area is 127 Å². The number of piperidine rings is 1. The second-order valence-corrected chi connectivity index (χ2v) is 6.42. The van der Waals surface area contributed by atoms with E-state index in [0.29, 0.717) is 6.42 Å². The highest BCUT2D eigenvalue weighted by Gasteiger charge is 2.21. The van der Waals surface area contributed by atoms with Gasteiger partial charge in [-0.15, -0.1) is 0 Å². The maximum atomic E-state index is 11.2. The van der Waals surface area contributed by atoms with E-state index in [-0.39, 0.29) is 5.91 Å². The highest BCUT2D eigenvalue weighted by molar-refractivity contribution is 5.77. The third kappa shape index (κ3) is 4.83. The summed E-state index contributed by atoms with van der Waals surface area (Å²) in [6.45, 7) is 8.06. The van der Waals surface area contributed by atoms with Crippen LogP contribution in [-0.2, 0) is 17.8 Å². The summed E-state index contributed by atoms with van der Waals surface area (Å²) in [7, 11) is 0. The van der Waals surface area contributed by atoms with Gasteiger partial charge in [-0.3, -0.25) is 15.1 Å². The Bertz CT molecular complexity index is 448. The molecule has 1 aromatic rings. The molecule has 21 heavy (non-hydrogen) atoms. The average molecular weight is 289 g/mol. The van der Waals surface area contributed by atoms with E-state index in [1.54, 1.807) is 0 Å². The van der Waals surface area contributed by atoms with E-state index in [1.165, 1.54) is 31.5 Å². The zero-order chi connectivity index (χ0) is 15.2. The number of hydrazine groups is 1. The van der Waals surface area contributed by atoms with Gasteiger partial charge in [0, 0.05) is 6.54 Å². The molecule has 1 amide bonds. The van der Waals surface area contributed by atoms with Crippen molar-refractivity contribution in [3.05, 3.63) is 35.4 Å². The minimum absolute atomic E-state index is 0.154. The van der Waals surface area contributed by atoms with Crippen molar-refractivity contribution >= 4 is 5.91 Å². The number of hydrogen-bond acceptors (Lipinski definition) is 3. The fourth-order valence-electron chi connectivity index (χ4n) is 3.03. The average Bonchev–Trinajstić information content (AvgIpc) is 2.49. The molecule has 116 valence electrons. The second kappa shape index (κ2) is 7.57. The second-order valence-electron chi connectivity index (χ2n) is 6.42. The van der Waals surface area contributed by atoms with E-state index >= 15 is 0 Å². The lowest BCUT2D eigenvalue weighted by atomic mass is 9.86. The molecule has 1 saturated heterocycles. The van der Waals surface area contributed by atoms with Gasteiger partial charge >= 0.3 is 0 Å². The van der Waals surface area contributed by atoms with Crippen LogP contribution in [0.1, 0.15) is 37.8 Å². The van der Waals surface area contributed by atoms with Gasteiger partial charge in [0.15, 0.2) is 0 Å². The number of likely N-dealkylation sites (tertiary alicyclic amines) is 1. The largest absolute Gasteiger partial charge is 0.299 e. The highest BCUT2D eigenvalue weighted by Crippen LogP contribution is 2.25. The minimum atomic E-state index is -0.154. The zero-order valence-corrected chi connectivity index (χ0v) is 13.1. The van der Waals surface area contributed by atoms with Gasteiger partial charge in [0.25, 0.3) is 0 Å². The summed E-state index contributed by atoms with van der Waals surface area (Å²) in [5.74, 6) is 6.64. The van der Waals surface area contributed by atoms with Gasteiger partial charge in [0.2, 0.25) is 5.91 Å². The number of rotatable bonds is 5. The van der Waals surface area contributed by atoms with Crippen LogP contribution in [0.15, 0.2) is 24.3 Å². The van der Waals surface area contributed by atoms with Crippen molar-refractivity contribution in [1.29, 1.82) is 0 Å². The lowest BCUT2D eigenvalue weighted by Gasteiger charge is -2.33. The Morgan fingerprint density at radius 1 is 1.24 bits per heavy atom. The van der Waals surface area contributed by atoms with E-state index < -0.39 is 0 Å². The van der Waals surface area contributed by atoms with Crippen LogP contribution in [0.4, 0.5) is 0 Å². The maximum Gasteiger partial charge on any atom is 0.238 e. The summed E-state index contributed by atoms with van der Waals surface area (Å²) < 4.78 is 0. The summed E-state index contributed by atoms with van der Waals surface area (Å²) >= 11 is 0. The summed E-state index contributed by atoms with van der Waals surface area (Å²) in [4.78, 5) is 13.8. The first-order valence-electron chi connectivity index (χ1n) is 7.88. The monoisotopic (exact) mass is 289 g/mol. The Hall–Kier alpha value is -1.39. The van der Waals surface area contributed by atoms with E-state index in [9.17, 15) is 4.79 Å². The molecule has 4 heteroatoms. The molecule has 0 bridgehead atoms. The molecular weight excluding hydrogens is 262 g/mol. The Morgan fingerprint density at radius 3 is 2.33 bits per heavy atom. The maximum absolute atomic E-state index is 11.2. The standard InChI is InChI=1S/C17H27N3O/c1-13(2)16-7-9-20(10-8-16)12-15-5-3-14(4-6-15)11-17(21)19-18/h3-6,13,16H,7-12,18H2,1-2H3,(H,19,21).